The van der Waals surface area contributed by atoms with Crippen molar-refractivity contribution in [2.75, 3.05) is 7.11 Å². The second kappa shape index (κ2) is 11.2. The van der Waals surface area contributed by atoms with Gasteiger partial charge in [-0.05, 0) is 31.4 Å². The lowest BCUT2D eigenvalue weighted by Gasteiger charge is -2.21. The zero-order chi connectivity index (χ0) is 24.0. The van der Waals surface area contributed by atoms with Crippen molar-refractivity contribution in [1.82, 2.24) is 0 Å². The molecule has 0 aromatic heterocycles. The van der Waals surface area contributed by atoms with Gasteiger partial charge in [0.2, 0.25) is 0 Å². The van der Waals surface area contributed by atoms with Gasteiger partial charge >= 0.3 is 11.9 Å². The summed E-state index contributed by atoms with van der Waals surface area (Å²) in [6.07, 6.45) is 5.86. The maximum Gasteiger partial charge on any atom is 0.305 e. The number of rotatable bonds is 9. The summed E-state index contributed by atoms with van der Waals surface area (Å²) in [5.74, 6) is 5.74. The van der Waals surface area contributed by atoms with Crippen molar-refractivity contribution < 1.29 is 28.6 Å². The van der Waals surface area contributed by atoms with Crippen LogP contribution >= 0.6 is 0 Å². The van der Waals surface area contributed by atoms with Crippen LogP contribution in [0.1, 0.15) is 63.5 Å². The fraction of sp³-hybridized carbons (Fsp3) is 0.519. The predicted molar refractivity (Wildman–Crippen MR) is 124 cm³/mol. The zero-order valence-electron chi connectivity index (χ0n) is 19.8. The molecule has 0 saturated heterocycles. The van der Waals surface area contributed by atoms with Gasteiger partial charge < -0.3 is 14.2 Å². The van der Waals surface area contributed by atoms with Gasteiger partial charge in [-0.1, -0.05) is 31.2 Å². The first-order valence-electron chi connectivity index (χ1n) is 11.5. The summed E-state index contributed by atoms with van der Waals surface area (Å²) in [6.45, 7) is 5.03. The van der Waals surface area contributed by atoms with Crippen LogP contribution in [0.3, 0.4) is 0 Å². The number of ether oxygens (including phenoxy) is 3. The standard InChI is InChI=1S/C27H32O6/c1-5-6-9-17(2)22(29)15-14-20-23(32-18(3)28)16-24-26(20)21-12-7-10-19(27(21)33-24)11-8-13-25(30)31-4/h7,10,12,14-15,17,20,23-24,26H,8-9,11,13,16H2,1-4H3/b15-14+/t17-,20-,23+,24-,26-/m0/s1. The molecular weight excluding hydrogens is 420 g/mol. The quantitative estimate of drug-likeness (QED) is 0.318. The van der Waals surface area contributed by atoms with Gasteiger partial charge in [0.25, 0.3) is 0 Å². The molecule has 1 aliphatic carbocycles. The minimum atomic E-state index is -0.344. The Kier molecular flexibility index (Phi) is 8.32. The van der Waals surface area contributed by atoms with Gasteiger partial charge in [0.1, 0.15) is 18.0 Å². The summed E-state index contributed by atoms with van der Waals surface area (Å²) in [6, 6.07) is 6.06. The Morgan fingerprint density at radius 1 is 1.30 bits per heavy atom. The first kappa shape index (κ1) is 24.6. The van der Waals surface area contributed by atoms with Gasteiger partial charge in [-0.15, -0.1) is 11.8 Å². The second-order valence-electron chi connectivity index (χ2n) is 8.70. The molecule has 0 spiro atoms. The molecule has 1 aromatic rings. The molecule has 1 saturated carbocycles. The summed E-state index contributed by atoms with van der Waals surface area (Å²) >= 11 is 0. The number of para-hydroxylation sites is 1. The highest BCUT2D eigenvalue weighted by atomic mass is 16.5. The van der Waals surface area contributed by atoms with E-state index >= 15 is 0 Å². The minimum Gasteiger partial charge on any atom is -0.489 e. The maximum absolute atomic E-state index is 12.6. The van der Waals surface area contributed by atoms with E-state index in [1.165, 1.54) is 14.0 Å². The van der Waals surface area contributed by atoms with Crippen LogP contribution in [0.2, 0.25) is 0 Å². The topological polar surface area (TPSA) is 78.9 Å². The van der Waals surface area contributed by atoms with E-state index in [1.807, 2.05) is 31.2 Å². The van der Waals surface area contributed by atoms with Crippen molar-refractivity contribution in [2.24, 2.45) is 11.8 Å². The number of allylic oxidation sites excluding steroid dienone is 1. The highest BCUT2D eigenvalue weighted by Gasteiger charge is 2.50. The lowest BCUT2D eigenvalue weighted by molar-refractivity contribution is -0.147. The number of carbonyl (C=O) groups is 3. The van der Waals surface area contributed by atoms with Crippen LogP contribution in [0.25, 0.3) is 0 Å². The number of esters is 2. The molecule has 176 valence electrons. The van der Waals surface area contributed by atoms with Crippen LogP contribution in [0.5, 0.6) is 5.75 Å². The molecule has 6 heteroatoms. The lowest BCUT2D eigenvalue weighted by atomic mass is 9.86. The maximum atomic E-state index is 12.6. The summed E-state index contributed by atoms with van der Waals surface area (Å²) in [5, 5.41) is 0. The molecule has 0 amide bonds. The van der Waals surface area contributed by atoms with Gasteiger partial charge in [-0.2, -0.15) is 0 Å². The van der Waals surface area contributed by atoms with Crippen molar-refractivity contribution in [2.45, 2.75) is 71.0 Å². The van der Waals surface area contributed by atoms with E-state index in [2.05, 4.69) is 11.8 Å². The molecule has 2 aliphatic rings. The van der Waals surface area contributed by atoms with Crippen LogP contribution < -0.4 is 4.74 Å². The highest BCUT2D eigenvalue weighted by molar-refractivity contribution is 5.91. The Balaban J connectivity index is 1.82. The number of aryl methyl sites for hydroxylation is 1. The van der Waals surface area contributed by atoms with E-state index in [0.717, 1.165) is 16.9 Å². The van der Waals surface area contributed by atoms with Crippen molar-refractivity contribution in [3.63, 3.8) is 0 Å². The number of fused-ring (bicyclic) bond motifs is 3. The van der Waals surface area contributed by atoms with Gasteiger partial charge in [-0.3, -0.25) is 14.4 Å². The minimum absolute atomic E-state index is 0.000281. The molecular formula is C27H32O6. The number of methoxy groups -OCH3 is 1. The van der Waals surface area contributed by atoms with Crippen LogP contribution in [-0.4, -0.2) is 37.0 Å². The zero-order valence-corrected chi connectivity index (χ0v) is 19.8. The largest absolute Gasteiger partial charge is 0.489 e. The van der Waals surface area contributed by atoms with Crippen molar-refractivity contribution in [3.05, 3.63) is 41.5 Å². The molecule has 0 radical (unpaired) electrons. The van der Waals surface area contributed by atoms with Crippen molar-refractivity contribution in [3.8, 4) is 17.6 Å². The Bertz CT molecular complexity index is 982. The molecule has 33 heavy (non-hydrogen) atoms. The van der Waals surface area contributed by atoms with E-state index in [0.29, 0.717) is 32.1 Å². The van der Waals surface area contributed by atoms with E-state index in [9.17, 15) is 14.4 Å². The fourth-order valence-electron chi connectivity index (χ4n) is 4.73. The molecule has 1 aliphatic heterocycles. The van der Waals surface area contributed by atoms with E-state index in [-0.39, 0.29) is 47.7 Å². The molecule has 0 unspecified atom stereocenters. The van der Waals surface area contributed by atoms with Crippen molar-refractivity contribution in [1.29, 1.82) is 0 Å². The molecule has 1 heterocycles. The predicted octanol–water partition coefficient (Wildman–Crippen LogP) is 4.15. The fourth-order valence-corrected chi connectivity index (χ4v) is 4.73. The third-order valence-corrected chi connectivity index (χ3v) is 6.39. The Hall–Kier alpha value is -3.07. The van der Waals surface area contributed by atoms with E-state index in [1.54, 1.807) is 13.0 Å². The molecule has 6 nitrogen and oxygen atoms in total. The first-order valence-corrected chi connectivity index (χ1v) is 11.5. The number of benzene rings is 1. The second-order valence-corrected chi connectivity index (χ2v) is 8.70. The van der Waals surface area contributed by atoms with Gasteiger partial charge in [0, 0.05) is 49.5 Å². The van der Waals surface area contributed by atoms with Crippen LogP contribution in [0.15, 0.2) is 30.4 Å². The van der Waals surface area contributed by atoms with Crippen molar-refractivity contribution >= 4 is 17.7 Å². The molecule has 5 atom stereocenters. The molecule has 1 fully saturated rings. The smallest absolute Gasteiger partial charge is 0.305 e. The molecule has 3 rings (SSSR count). The normalized spacial score (nSPS) is 23.6. The number of hydrogen-bond donors (Lipinski definition) is 0. The van der Waals surface area contributed by atoms with E-state index < -0.39 is 0 Å². The third-order valence-electron chi connectivity index (χ3n) is 6.39. The number of carbonyl (C=O) groups excluding carboxylic acids is 3. The summed E-state index contributed by atoms with van der Waals surface area (Å²) in [4.78, 5) is 35.8. The Morgan fingerprint density at radius 2 is 2.09 bits per heavy atom. The first-order chi connectivity index (χ1) is 15.8. The lowest BCUT2D eigenvalue weighted by Crippen LogP contribution is -2.22. The van der Waals surface area contributed by atoms with Crippen LogP contribution in [0, 0.1) is 23.7 Å². The molecule has 0 N–H and O–H groups in total. The van der Waals surface area contributed by atoms with Gasteiger partial charge in [-0.25, -0.2) is 0 Å². The highest BCUT2D eigenvalue weighted by Crippen LogP contribution is 2.52. The number of ketones is 1. The van der Waals surface area contributed by atoms with Crippen LogP contribution in [0.4, 0.5) is 0 Å². The van der Waals surface area contributed by atoms with Gasteiger partial charge in [0.05, 0.1) is 7.11 Å². The summed E-state index contributed by atoms with van der Waals surface area (Å²) < 4.78 is 16.7. The Labute approximate surface area is 195 Å². The summed E-state index contributed by atoms with van der Waals surface area (Å²) in [7, 11) is 1.39. The van der Waals surface area contributed by atoms with E-state index in [4.69, 9.17) is 14.2 Å². The Morgan fingerprint density at radius 3 is 2.79 bits per heavy atom. The van der Waals surface area contributed by atoms with Gasteiger partial charge in [0.15, 0.2) is 5.78 Å². The van der Waals surface area contributed by atoms with Crippen LogP contribution in [-0.2, 0) is 30.3 Å². The molecule has 1 aromatic carbocycles. The number of hydrogen-bond acceptors (Lipinski definition) is 6. The summed E-state index contributed by atoms with van der Waals surface area (Å²) in [5.41, 5.74) is 2.12. The molecule has 0 bridgehead atoms. The average Bonchev–Trinajstić information content (AvgIpc) is 3.31. The SMILES string of the molecule is CC#CC[C@H](C)C(=O)/C=C/[C@@H]1[C@H]2c3cccc(CCCC(=O)OC)c3O[C@H]2C[C@H]1OC(C)=O. The average molecular weight is 453 g/mol. The third kappa shape index (κ3) is 5.84. The monoisotopic (exact) mass is 452 g/mol.